The maximum Gasteiger partial charge on any atom is 0.172 e. The lowest BCUT2D eigenvalue weighted by Crippen LogP contribution is -2.17. The molecule has 17 heavy (non-hydrogen) atoms. The van der Waals surface area contributed by atoms with Gasteiger partial charge in [-0.1, -0.05) is 49.6 Å². The molecule has 1 fully saturated rings. The molecule has 0 aromatic heterocycles. The Balaban J connectivity index is 2.06. The smallest absolute Gasteiger partial charge is 0.172 e. The minimum absolute atomic E-state index is 0.274. The van der Waals surface area contributed by atoms with Crippen LogP contribution < -0.4 is 0 Å². The molecule has 1 aliphatic carbocycles. The molecule has 0 saturated heterocycles. The Morgan fingerprint density at radius 1 is 1.12 bits per heavy atom. The predicted octanol–water partition coefficient (Wildman–Crippen LogP) is 4.61. The van der Waals surface area contributed by atoms with Crippen LogP contribution in [0.1, 0.15) is 37.7 Å². The molecule has 0 atom stereocenters. The molecule has 0 amide bonds. The topological polar surface area (TPSA) is 17.1 Å². The van der Waals surface area contributed by atoms with Gasteiger partial charge in [0.1, 0.15) is 0 Å². The molecule has 2 heteroatoms. The highest BCUT2D eigenvalue weighted by atomic mass is 127. The second-order valence-electron chi connectivity index (χ2n) is 4.60. The Labute approximate surface area is 116 Å². The third-order valence-electron chi connectivity index (χ3n) is 3.30. The molecule has 0 bridgehead atoms. The fraction of sp³-hybridized carbons (Fsp3) is 0.400. The van der Waals surface area contributed by atoms with Crippen LogP contribution in [0, 0.1) is 5.92 Å². The standard InChI is InChI=1S/C15H17IO/c16-14(11-12-7-3-1-4-8-12)15(17)13-9-5-2-6-10-13/h1,3-4,7-8,11,13H,2,5-6,9-10H2/b14-11-. The van der Waals surface area contributed by atoms with Gasteiger partial charge in [-0.05, 0) is 47.1 Å². The van der Waals surface area contributed by atoms with Gasteiger partial charge in [0.25, 0.3) is 0 Å². The second kappa shape index (κ2) is 6.34. The van der Waals surface area contributed by atoms with Gasteiger partial charge in [-0.2, -0.15) is 0 Å². The van der Waals surface area contributed by atoms with Crippen LogP contribution in [0.5, 0.6) is 0 Å². The van der Waals surface area contributed by atoms with Gasteiger partial charge in [0.2, 0.25) is 0 Å². The van der Waals surface area contributed by atoms with E-state index in [1.807, 2.05) is 36.4 Å². The summed E-state index contributed by atoms with van der Waals surface area (Å²) >= 11 is 2.18. The van der Waals surface area contributed by atoms with Gasteiger partial charge in [0, 0.05) is 5.92 Å². The Bertz CT molecular complexity index is 402. The third kappa shape index (κ3) is 3.66. The summed E-state index contributed by atoms with van der Waals surface area (Å²) in [6.45, 7) is 0. The molecule has 0 unspecified atom stereocenters. The first-order valence-electron chi connectivity index (χ1n) is 6.24. The van der Waals surface area contributed by atoms with Crippen molar-refractivity contribution < 1.29 is 4.79 Å². The van der Waals surface area contributed by atoms with E-state index in [0.29, 0.717) is 5.78 Å². The highest BCUT2D eigenvalue weighted by Crippen LogP contribution is 2.29. The number of Topliss-reactive ketones (excluding diaryl/α,β-unsaturated/α-hetero) is 1. The van der Waals surface area contributed by atoms with Crippen LogP contribution >= 0.6 is 22.6 Å². The quantitative estimate of drug-likeness (QED) is 0.580. The number of benzene rings is 1. The molecule has 1 aliphatic rings. The van der Waals surface area contributed by atoms with E-state index in [9.17, 15) is 4.79 Å². The average molecular weight is 340 g/mol. The van der Waals surface area contributed by atoms with Gasteiger partial charge < -0.3 is 0 Å². The number of carbonyl (C=O) groups is 1. The van der Waals surface area contributed by atoms with Crippen LogP contribution in [0.25, 0.3) is 6.08 Å². The summed E-state index contributed by atoms with van der Waals surface area (Å²) in [5.74, 6) is 0.616. The molecule has 1 aromatic rings. The number of rotatable bonds is 3. The van der Waals surface area contributed by atoms with Crippen LogP contribution in [-0.4, -0.2) is 5.78 Å². The number of halogens is 1. The molecular weight excluding hydrogens is 323 g/mol. The maximum atomic E-state index is 12.2. The molecule has 90 valence electrons. The Morgan fingerprint density at radius 3 is 2.41 bits per heavy atom. The minimum Gasteiger partial charge on any atom is -0.293 e. The van der Waals surface area contributed by atoms with Gasteiger partial charge in [-0.15, -0.1) is 0 Å². The summed E-state index contributed by atoms with van der Waals surface area (Å²) in [6, 6.07) is 10.1. The SMILES string of the molecule is O=C(/C(I)=C/c1ccccc1)C1CCCCC1. The predicted molar refractivity (Wildman–Crippen MR) is 80.0 cm³/mol. The molecule has 0 aliphatic heterocycles. The molecule has 1 saturated carbocycles. The molecular formula is C15H17IO. The van der Waals surface area contributed by atoms with Crippen LogP contribution in [0.4, 0.5) is 0 Å². The first kappa shape index (κ1) is 12.8. The molecule has 2 rings (SSSR count). The van der Waals surface area contributed by atoms with E-state index in [1.54, 1.807) is 0 Å². The van der Waals surface area contributed by atoms with Crippen LogP contribution in [0.3, 0.4) is 0 Å². The summed E-state index contributed by atoms with van der Waals surface area (Å²) in [5.41, 5.74) is 1.11. The van der Waals surface area contributed by atoms with Crippen molar-refractivity contribution in [2.45, 2.75) is 32.1 Å². The summed E-state index contributed by atoms with van der Waals surface area (Å²) in [6.07, 6.45) is 7.87. The van der Waals surface area contributed by atoms with Gasteiger partial charge in [-0.25, -0.2) is 0 Å². The van der Waals surface area contributed by atoms with Crippen LogP contribution in [0.15, 0.2) is 33.9 Å². The fourth-order valence-electron chi connectivity index (χ4n) is 2.33. The van der Waals surface area contributed by atoms with Crippen molar-refractivity contribution in [3.8, 4) is 0 Å². The van der Waals surface area contributed by atoms with Crippen molar-refractivity contribution in [2.24, 2.45) is 5.92 Å². The van der Waals surface area contributed by atoms with Crippen LogP contribution in [0.2, 0.25) is 0 Å². The van der Waals surface area contributed by atoms with E-state index in [4.69, 9.17) is 0 Å². The number of hydrogen-bond donors (Lipinski definition) is 0. The highest BCUT2D eigenvalue weighted by molar-refractivity contribution is 14.1. The molecule has 1 aromatic carbocycles. The largest absolute Gasteiger partial charge is 0.293 e. The zero-order chi connectivity index (χ0) is 12.1. The van der Waals surface area contributed by atoms with Crippen molar-refractivity contribution >= 4 is 34.5 Å². The average Bonchev–Trinajstić information content (AvgIpc) is 2.40. The van der Waals surface area contributed by atoms with Gasteiger partial charge in [-0.3, -0.25) is 4.79 Å². The molecule has 0 radical (unpaired) electrons. The summed E-state index contributed by atoms with van der Waals surface area (Å²) in [4.78, 5) is 12.2. The van der Waals surface area contributed by atoms with E-state index >= 15 is 0 Å². The normalized spacial score (nSPS) is 18.1. The first-order valence-corrected chi connectivity index (χ1v) is 7.32. The summed E-state index contributed by atoms with van der Waals surface area (Å²) < 4.78 is 0.876. The maximum absolute atomic E-state index is 12.2. The monoisotopic (exact) mass is 340 g/mol. The molecule has 0 N–H and O–H groups in total. The lowest BCUT2D eigenvalue weighted by Gasteiger charge is -2.19. The van der Waals surface area contributed by atoms with Gasteiger partial charge in [0.15, 0.2) is 5.78 Å². The van der Waals surface area contributed by atoms with E-state index < -0.39 is 0 Å². The Kier molecular flexibility index (Phi) is 4.77. The highest BCUT2D eigenvalue weighted by Gasteiger charge is 2.22. The van der Waals surface area contributed by atoms with Crippen molar-refractivity contribution in [3.05, 3.63) is 39.5 Å². The summed E-state index contributed by atoms with van der Waals surface area (Å²) in [7, 11) is 0. The van der Waals surface area contributed by atoms with Gasteiger partial charge >= 0.3 is 0 Å². The van der Waals surface area contributed by atoms with Crippen molar-refractivity contribution in [1.29, 1.82) is 0 Å². The zero-order valence-electron chi connectivity index (χ0n) is 9.86. The van der Waals surface area contributed by atoms with Crippen molar-refractivity contribution in [3.63, 3.8) is 0 Å². The minimum atomic E-state index is 0.274. The number of carbonyl (C=O) groups excluding carboxylic acids is 1. The second-order valence-corrected chi connectivity index (χ2v) is 5.76. The van der Waals surface area contributed by atoms with E-state index in [2.05, 4.69) is 22.6 Å². The number of ketones is 1. The lowest BCUT2D eigenvalue weighted by molar-refractivity contribution is -0.119. The molecule has 0 spiro atoms. The Hall–Kier alpha value is -0.640. The van der Waals surface area contributed by atoms with Gasteiger partial charge in [0.05, 0.1) is 3.58 Å². The first-order chi connectivity index (χ1) is 8.27. The van der Waals surface area contributed by atoms with E-state index in [1.165, 1.54) is 19.3 Å². The van der Waals surface area contributed by atoms with E-state index in [0.717, 1.165) is 22.0 Å². The fourth-order valence-corrected chi connectivity index (χ4v) is 3.13. The van der Waals surface area contributed by atoms with Crippen LogP contribution in [-0.2, 0) is 4.79 Å². The summed E-state index contributed by atoms with van der Waals surface area (Å²) in [5, 5.41) is 0. The lowest BCUT2D eigenvalue weighted by atomic mass is 9.86. The molecule has 0 heterocycles. The van der Waals surface area contributed by atoms with Crippen molar-refractivity contribution in [1.82, 2.24) is 0 Å². The van der Waals surface area contributed by atoms with E-state index in [-0.39, 0.29) is 5.92 Å². The Morgan fingerprint density at radius 2 is 1.76 bits per heavy atom. The van der Waals surface area contributed by atoms with Crippen molar-refractivity contribution in [2.75, 3.05) is 0 Å². The number of hydrogen-bond acceptors (Lipinski definition) is 1. The third-order valence-corrected chi connectivity index (χ3v) is 4.15. The number of allylic oxidation sites excluding steroid dienone is 1. The molecule has 1 nitrogen and oxygen atoms in total. The zero-order valence-corrected chi connectivity index (χ0v) is 12.0.